The van der Waals surface area contributed by atoms with E-state index in [1.807, 2.05) is 25.1 Å². The van der Waals surface area contributed by atoms with E-state index in [1.54, 1.807) is 24.9 Å². The van der Waals surface area contributed by atoms with E-state index in [0.29, 0.717) is 11.6 Å². The second-order valence-corrected chi connectivity index (χ2v) is 7.09. The predicted molar refractivity (Wildman–Crippen MR) is 99.5 cm³/mol. The van der Waals surface area contributed by atoms with Gasteiger partial charge < -0.3 is 14.7 Å². The first-order chi connectivity index (χ1) is 11.4. The van der Waals surface area contributed by atoms with Gasteiger partial charge in [-0.3, -0.25) is 9.59 Å². The van der Waals surface area contributed by atoms with Crippen molar-refractivity contribution in [3.8, 4) is 0 Å². The van der Waals surface area contributed by atoms with Crippen LogP contribution in [0.3, 0.4) is 0 Å². The van der Waals surface area contributed by atoms with Gasteiger partial charge in [-0.05, 0) is 37.6 Å². The number of anilines is 2. The van der Waals surface area contributed by atoms with Crippen LogP contribution in [0.2, 0.25) is 0 Å². The number of halogens is 1. The van der Waals surface area contributed by atoms with E-state index in [9.17, 15) is 9.59 Å². The molecule has 6 nitrogen and oxygen atoms in total. The Balaban J connectivity index is 1.79. The van der Waals surface area contributed by atoms with Crippen LogP contribution in [0.4, 0.5) is 11.5 Å². The van der Waals surface area contributed by atoms with Crippen LogP contribution in [0, 0.1) is 13.8 Å². The molecule has 0 aliphatic heterocycles. The average Bonchev–Trinajstić information content (AvgIpc) is 2.94. The number of amides is 2. The summed E-state index contributed by atoms with van der Waals surface area (Å²) in [6, 6.07) is 7.36. The highest BCUT2D eigenvalue weighted by atomic mass is 79.9. The highest BCUT2D eigenvalue weighted by Gasteiger charge is 2.13. The molecule has 1 N–H and O–H groups in total. The van der Waals surface area contributed by atoms with Crippen molar-refractivity contribution in [3.63, 3.8) is 0 Å². The Morgan fingerprint density at radius 2 is 2.04 bits per heavy atom. The van der Waals surface area contributed by atoms with Crippen molar-refractivity contribution in [1.29, 1.82) is 0 Å². The number of benzene rings is 1. The standard InChI is InChI=1S/C16H18BrN3O3S/c1-10-6-12(4-5-13(10)17)20(3)16(22)9-24-8-15(21)18-14-7-11(2)23-19-14/h4-7H,8-9H2,1-3H3,(H,18,19,21). The van der Waals surface area contributed by atoms with Crippen molar-refractivity contribution in [2.75, 3.05) is 28.8 Å². The summed E-state index contributed by atoms with van der Waals surface area (Å²) in [4.78, 5) is 25.6. The van der Waals surface area contributed by atoms with Gasteiger partial charge in [-0.15, -0.1) is 11.8 Å². The molecule has 0 fully saturated rings. The van der Waals surface area contributed by atoms with Crippen LogP contribution in [-0.2, 0) is 9.59 Å². The third kappa shape index (κ3) is 5.10. The molecule has 0 aliphatic carbocycles. The third-order valence-electron chi connectivity index (χ3n) is 3.26. The van der Waals surface area contributed by atoms with Gasteiger partial charge in [0.2, 0.25) is 11.8 Å². The van der Waals surface area contributed by atoms with Crippen LogP contribution >= 0.6 is 27.7 Å². The van der Waals surface area contributed by atoms with Crippen molar-refractivity contribution < 1.29 is 14.1 Å². The van der Waals surface area contributed by atoms with Crippen LogP contribution in [0.25, 0.3) is 0 Å². The quantitative estimate of drug-likeness (QED) is 0.787. The Bertz CT molecular complexity index is 748. The Morgan fingerprint density at radius 1 is 1.29 bits per heavy atom. The molecule has 0 bridgehead atoms. The molecule has 128 valence electrons. The maximum absolute atomic E-state index is 12.2. The number of rotatable bonds is 6. The SMILES string of the molecule is Cc1cc(NC(=O)CSCC(=O)N(C)c2ccc(Br)c(C)c2)no1. The number of carbonyl (C=O) groups excluding carboxylic acids is 2. The molecule has 1 aromatic carbocycles. The first-order valence-electron chi connectivity index (χ1n) is 7.20. The fourth-order valence-electron chi connectivity index (χ4n) is 1.91. The van der Waals surface area contributed by atoms with Gasteiger partial charge >= 0.3 is 0 Å². The van der Waals surface area contributed by atoms with Gasteiger partial charge in [0.1, 0.15) is 5.76 Å². The predicted octanol–water partition coefficient (Wildman–Crippen LogP) is 3.39. The van der Waals surface area contributed by atoms with E-state index in [1.165, 1.54) is 11.8 Å². The lowest BCUT2D eigenvalue weighted by atomic mass is 10.2. The van der Waals surface area contributed by atoms with E-state index in [-0.39, 0.29) is 23.3 Å². The molecule has 0 aliphatic rings. The van der Waals surface area contributed by atoms with Crippen molar-refractivity contribution in [2.24, 2.45) is 0 Å². The monoisotopic (exact) mass is 411 g/mol. The largest absolute Gasteiger partial charge is 0.360 e. The number of nitrogens with zero attached hydrogens (tertiary/aromatic N) is 2. The molecule has 2 aromatic rings. The maximum atomic E-state index is 12.2. The number of nitrogens with one attached hydrogen (secondary N) is 1. The molecular formula is C16H18BrN3O3S. The third-order valence-corrected chi connectivity index (χ3v) is 5.06. The van der Waals surface area contributed by atoms with Gasteiger partial charge in [0, 0.05) is 23.3 Å². The number of aromatic nitrogens is 1. The number of hydrogen-bond acceptors (Lipinski definition) is 5. The zero-order valence-corrected chi connectivity index (χ0v) is 16.0. The summed E-state index contributed by atoms with van der Waals surface area (Å²) >= 11 is 4.69. The zero-order valence-electron chi connectivity index (χ0n) is 13.6. The van der Waals surface area contributed by atoms with Crippen LogP contribution in [-0.4, -0.2) is 35.5 Å². The Morgan fingerprint density at radius 3 is 2.67 bits per heavy atom. The molecule has 24 heavy (non-hydrogen) atoms. The Hall–Kier alpha value is -1.80. The lowest BCUT2D eigenvalue weighted by Crippen LogP contribution is -2.28. The number of carbonyl (C=O) groups is 2. The number of thioether (sulfide) groups is 1. The summed E-state index contributed by atoms with van der Waals surface area (Å²) < 4.78 is 5.87. The van der Waals surface area contributed by atoms with E-state index in [0.717, 1.165) is 15.7 Å². The van der Waals surface area contributed by atoms with Crippen LogP contribution < -0.4 is 10.2 Å². The van der Waals surface area contributed by atoms with E-state index < -0.39 is 0 Å². The summed E-state index contributed by atoms with van der Waals surface area (Å²) in [6.45, 7) is 3.71. The molecule has 0 radical (unpaired) electrons. The average molecular weight is 412 g/mol. The first kappa shape index (κ1) is 18.5. The second-order valence-electron chi connectivity index (χ2n) is 5.25. The first-order valence-corrected chi connectivity index (χ1v) is 9.15. The summed E-state index contributed by atoms with van der Waals surface area (Å²) in [7, 11) is 1.73. The molecule has 1 heterocycles. The number of hydrogen-bond donors (Lipinski definition) is 1. The molecule has 0 saturated heterocycles. The lowest BCUT2D eigenvalue weighted by Gasteiger charge is -2.18. The van der Waals surface area contributed by atoms with Gasteiger partial charge in [0.25, 0.3) is 0 Å². The maximum Gasteiger partial charge on any atom is 0.236 e. The molecule has 8 heteroatoms. The van der Waals surface area contributed by atoms with Crippen LogP contribution in [0.15, 0.2) is 33.3 Å². The van der Waals surface area contributed by atoms with Crippen molar-refractivity contribution in [2.45, 2.75) is 13.8 Å². The molecule has 2 amide bonds. The van der Waals surface area contributed by atoms with Gasteiger partial charge in [-0.1, -0.05) is 21.1 Å². The summed E-state index contributed by atoms with van der Waals surface area (Å²) in [5.74, 6) is 1.11. The Kier molecular flexibility index (Phi) is 6.44. The smallest absolute Gasteiger partial charge is 0.236 e. The lowest BCUT2D eigenvalue weighted by molar-refractivity contribution is -0.115. The van der Waals surface area contributed by atoms with Crippen molar-refractivity contribution in [3.05, 3.63) is 40.1 Å². The second kappa shape index (κ2) is 8.34. The van der Waals surface area contributed by atoms with Crippen LogP contribution in [0.5, 0.6) is 0 Å². The topological polar surface area (TPSA) is 75.4 Å². The minimum atomic E-state index is -0.219. The Labute approximate surface area is 153 Å². The highest BCUT2D eigenvalue weighted by Crippen LogP contribution is 2.22. The van der Waals surface area contributed by atoms with E-state index in [4.69, 9.17) is 4.52 Å². The fraction of sp³-hybridized carbons (Fsp3) is 0.312. The normalized spacial score (nSPS) is 10.5. The molecule has 1 aromatic heterocycles. The van der Waals surface area contributed by atoms with Gasteiger partial charge in [-0.2, -0.15) is 0 Å². The van der Waals surface area contributed by atoms with Crippen molar-refractivity contribution >= 4 is 51.0 Å². The minimum absolute atomic E-state index is 0.0631. The molecule has 0 spiro atoms. The summed E-state index contributed by atoms with van der Waals surface area (Å²) in [6.07, 6.45) is 0. The molecule has 0 saturated carbocycles. The van der Waals surface area contributed by atoms with Gasteiger partial charge in [0.05, 0.1) is 11.5 Å². The minimum Gasteiger partial charge on any atom is -0.360 e. The van der Waals surface area contributed by atoms with Crippen molar-refractivity contribution in [1.82, 2.24) is 5.16 Å². The molecule has 0 unspecified atom stereocenters. The molecule has 0 atom stereocenters. The van der Waals surface area contributed by atoms with Gasteiger partial charge in [0.15, 0.2) is 5.82 Å². The fourth-order valence-corrected chi connectivity index (χ4v) is 2.89. The van der Waals surface area contributed by atoms with E-state index >= 15 is 0 Å². The molecule has 2 rings (SSSR count). The van der Waals surface area contributed by atoms with Gasteiger partial charge in [-0.25, -0.2) is 0 Å². The molecular weight excluding hydrogens is 394 g/mol. The number of aryl methyl sites for hydroxylation is 2. The summed E-state index contributed by atoms with van der Waals surface area (Å²) in [5, 5.41) is 6.30. The highest BCUT2D eigenvalue weighted by molar-refractivity contribution is 9.10. The van der Waals surface area contributed by atoms with E-state index in [2.05, 4.69) is 26.4 Å². The summed E-state index contributed by atoms with van der Waals surface area (Å²) in [5.41, 5.74) is 1.88. The van der Waals surface area contributed by atoms with Crippen LogP contribution in [0.1, 0.15) is 11.3 Å². The zero-order chi connectivity index (χ0) is 17.7.